The summed E-state index contributed by atoms with van der Waals surface area (Å²) in [5.41, 5.74) is 3.37. The summed E-state index contributed by atoms with van der Waals surface area (Å²) in [4.78, 5) is 11.1. The molecule has 1 aliphatic carbocycles. The quantitative estimate of drug-likeness (QED) is 0.770. The van der Waals surface area contributed by atoms with Gasteiger partial charge in [0.05, 0.1) is 30.6 Å². The van der Waals surface area contributed by atoms with E-state index in [4.69, 9.17) is 4.74 Å². The Kier molecular flexibility index (Phi) is 3.79. The molecular weight excluding hydrogens is 338 g/mol. The van der Waals surface area contributed by atoms with Crippen LogP contribution in [-0.2, 0) is 0 Å². The standard InChI is InChI=1S/C22H23N3O2/c1-27-20-6-7-23-12-18(20)21(26)16-9-22(10-16)13-25(14-22)17-8-15-4-2-3-5-19(15)24-11-17/h2-8,11-12,16,21,26H,9-10,13-14H2,1H3. The molecule has 3 heterocycles. The Hall–Kier alpha value is -2.66. The fraction of sp³-hybridized carbons (Fsp3) is 0.364. The van der Waals surface area contributed by atoms with Gasteiger partial charge in [0.1, 0.15) is 5.75 Å². The second-order valence-electron chi connectivity index (χ2n) is 7.97. The molecule has 1 atom stereocenters. The van der Waals surface area contributed by atoms with Gasteiger partial charge in [-0.25, -0.2) is 0 Å². The summed E-state index contributed by atoms with van der Waals surface area (Å²) in [6.07, 6.45) is 6.98. The number of aliphatic hydroxyl groups is 1. The first-order valence-electron chi connectivity index (χ1n) is 9.43. The first kappa shape index (κ1) is 16.5. The average Bonchev–Trinajstić information content (AvgIpc) is 2.65. The van der Waals surface area contributed by atoms with Crippen molar-refractivity contribution in [3.8, 4) is 5.75 Å². The average molecular weight is 361 g/mol. The molecule has 0 radical (unpaired) electrons. The smallest absolute Gasteiger partial charge is 0.127 e. The number of anilines is 1. The normalized spacial score (nSPS) is 19.6. The van der Waals surface area contributed by atoms with Gasteiger partial charge in [0.2, 0.25) is 0 Å². The predicted molar refractivity (Wildman–Crippen MR) is 105 cm³/mol. The van der Waals surface area contributed by atoms with Crippen LogP contribution in [0.4, 0.5) is 5.69 Å². The van der Waals surface area contributed by atoms with Gasteiger partial charge >= 0.3 is 0 Å². The van der Waals surface area contributed by atoms with Crippen LogP contribution >= 0.6 is 0 Å². The Morgan fingerprint density at radius 2 is 2.00 bits per heavy atom. The summed E-state index contributed by atoms with van der Waals surface area (Å²) >= 11 is 0. The van der Waals surface area contributed by atoms with Crippen molar-refractivity contribution in [2.45, 2.75) is 18.9 Å². The maximum Gasteiger partial charge on any atom is 0.127 e. The first-order chi connectivity index (χ1) is 13.2. The number of hydrogen-bond acceptors (Lipinski definition) is 5. The Labute approximate surface area is 158 Å². The zero-order valence-electron chi connectivity index (χ0n) is 15.4. The van der Waals surface area contributed by atoms with Crippen molar-refractivity contribution in [1.29, 1.82) is 0 Å². The van der Waals surface area contributed by atoms with E-state index in [0.29, 0.717) is 5.41 Å². The zero-order chi connectivity index (χ0) is 18.4. The van der Waals surface area contributed by atoms with E-state index in [1.165, 1.54) is 11.1 Å². The third-order valence-electron chi connectivity index (χ3n) is 6.18. The highest BCUT2D eigenvalue weighted by Gasteiger charge is 2.54. The third kappa shape index (κ3) is 2.73. The molecule has 5 nitrogen and oxygen atoms in total. The summed E-state index contributed by atoms with van der Waals surface area (Å²) in [7, 11) is 1.63. The number of pyridine rings is 2. The number of rotatable bonds is 4. The van der Waals surface area contributed by atoms with Crippen LogP contribution in [0.3, 0.4) is 0 Å². The molecule has 1 spiro atoms. The molecule has 1 N–H and O–H groups in total. The van der Waals surface area contributed by atoms with Crippen molar-refractivity contribution < 1.29 is 9.84 Å². The van der Waals surface area contributed by atoms with Gasteiger partial charge in [-0.2, -0.15) is 0 Å². The highest BCUT2D eigenvalue weighted by Crippen LogP contribution is 2.56. The monoisotopic (exact) mass is 361 g/mol. The van der Waals surface area contributed by atoms with Gasteiger partial charge in [-0.3, -0.25) is 9.97 Å². The molecule has 2 aromatic heterocycles. The van der Waals surface area contributed by atoms with Crippen molar-refractivity contribution in [1.82, 2.24) is 9.97 Å². The number of aliphatic hydroxyl groups excluding tert-OH is 1. The van der Waals surface area contributed by atoms with Gasteiger partial charge in [-0.05, 0) is 37.0 Å². The Morgan fingerprint density at radius 3 is 2.81 bits per heavy atom. The Morgan fingerprint density at radius 1 is 1.19 bits per heavy atom. The molecule has 1 aromatic carbocycles. The maximum atomic E-state index is 10.8. The fourth-order valence-corrected chi connectivity index (χ4v) is 4.77. The van der Waals surface area contributed by atoms with Gasteiger partial charge in [-0.1, -0.05) is 18.2 Å². The minimum atomic E-state index is -0.504. The van der Waals surface area contributed by atoms with Crippen LogP contribution in [0.25, 0.3) is 10.9 Å². The van der Waals surface area contributed by atoms with Gasteiger partial charge < -0.3 is 14.7 Å². The van der Waals surface area contributed by atoms with E-state index in [-0.39, 0.29) is 5.92 Å². The van der Waals surface area contributed by atoms with Crippen molar-refractivity contribution >= 4 is 16.6 Å². The molecular formula is C22H23N3O2. The van der Waals surface area contributed by atoms with Gasteiger partial charge in [0.15, 0.2) is 0 Å². The summed E-state index contributed by atoms with van der Waals surface area (Å²) in [5, 5.41) is 11.9. The van der Waals surface area contributed by atoms with Crippen molar-refractivity contribution in [3.05, 3.63) is 60.6 Å². The van der Waals surface area contributed by atoms with E-state index in [1.807, 2.05) is 24.4 Å². The zero-order valence-corrected chi connectivity index (χ0v) is 15.4. The van der Waals surface area contributed by atoms with E-state index in [9.17, 15) is 5.11 Å². The first-order valence-corrected chi connectivity index (χ1v) is 9.43. The molecule has 27 heavy (non-hydrogen) atoms. The molecule has 1 saturated carbocycles. The number of benzene rings is 1. The van der Waals surface area contributed by atoms with Crippen molar-refractivity contribution in [3.63, 3.8) is 0 Å². The van der Waals surface area contributed by atoms with E-state index in [0.717, 1.165) is 42.8 Å². The highest BCUT2D eigenvalue weighted by molar-refractivity contribution is 5.81. The number of methoxy groups -OCH3 is 1. The lowest BCUT2D eigenvalue weighted by atomic mass is 9.55. The molecule has 3 aromatic rings. The molecule has 0 bridgehead atoms. The number of nitrogens with zero attached hydrogens (tertiary/aromatic N) is 3. The topological polar surface area (TPSA) is 58.5 Å². The van der Waals surface area contributed by atoms with Gasteiger partial charge in [0.25, 0.3) is 0 Å². The van der Waals surface area contributed by atoms with E-state index in [2.05, 4.69) is 33.1 Å². The van der Waals surface area contributed by atoms with Crippen LogP contribution in [0.1, 0.15) is 24.5 Å². The lowest BCUT2D eigenvalue weighted by Gasteiger charge is -2.60. The number of para-hydroxylation sites is 1. The molecule has 1 aliphatic heterocycles. The van der Waals surface area contributed by atoms with Crippen LogP contribution in [0.15, 0.2) is 55.0 Å². The number of ether oxygens (including phenoxy) is 1. The summed E-state index contributed by atoms with van der Waals surface area (Å²) < 4.78 is 5.37. The van der Waals surface area contributed by atoms with Crippen molar-refractivity contribution in [2.24, 2.45) is 11.3 Å². The summed E-state index contributed by atoms with van der Waals surface area (Å²) in [6.45, 7) is 2.08. The van der Waals surface area contributed by atoms with Gasteiger partial charge in [0, 0.05) is 41.8 Å². The molecule has 2 fully saturated rings. The van der Waals surface area contributed by atoms with Crippen LogP contribution in [0, 0.1) is 11.3 Å². The van der Waals surface area contributed by atoms with E-state index >= 15 is 0 Å². The van der Waals surface area contributed by atoms with Crippen LogP contribution in [0.2, 0.25) is 0 Å². The van der Waals surface area contributed by atoms with Crippen LogP contribution in [-0.4, -0.2) is 35.3 Å². The maximum absolute atomic E-state index is 10.8. The molecule has 1 unspecified atom stereocenters. The molecule has 1 saturated heterocycles. The van der Waals surface area contributed by atoms with E-state index < -0.39 is 6.10 Å². The summed E-state index contributed by atoms with van der Waals surface area (Å²) in [6, 6.07) is 12.3. The minimum absolute atomic E-state index is 0.278. The second kappa shape index (κ2) is 6.20. The minimum Gasteiger partial charge on any atom is -0.496 e. The predicted octanol–water partition coefficient (Wildman–Crippen LogP) is 3.59. The number of hydrogen-bond donors (Lipinski definition) is 1. The lowest BCUT2D eigenvalue weighted by Crippen LogP contribution is -2.63. The molecule has 5 heteroatoms. The largest absolute Gasteiger partial charge is 0.496 e. The fourth-order valence-electron chi connectivity index (χ4n) is 4.77. The molecule has 138 valence electrons. The van der Waals surface area contributed by atoms with Crippen LogP contribution < -0.4 is 9.64 Å². The summed E-state index contributed by atoms with van der Waals surface area (Å²) in [5.74, 6) is 0.996. The Bertz CT molecular complexity index is 976. The second-order valence-corrected chi connectivity index (χ2v) is 7.97. The van der Waals surface area contributed by atoms with Gasteiger partial charge in [-0.15, -0.1) is 0 Å². The lowest BCUT2D eigenvalue weighted by molar-refractivity contribution is -0.0516. The molecule has 2 aliphatic rings. The SMILES string of the molecule is COc1ccncc1C(O)C1CC2(C1)CN(c1cnc3ccccc3c1)C2. The molecule has 0 amide bonds. The highest BCUT2D eigenvalue weighted by atomic mass is 16.5. The van der Waals surface area contributed by atoms with E-state index in [1.54, 1.807) is 19.5 Å². The Balaban J connectivity index is 1.24. The third-order valence-corrected chi connectivity index (χ3v) is 6.18. The van der Waals surface area contributed by atoms with Crippen LogP contribution in [0.5, 0.6) is 5.75 Å². The van der Waals surface area contributed by atoms with Crippen molar-refractivity contribution in [2.75, 3.05) is 25.1 Å². The number of fused-ring (bicyclic) bond motifs is 1. The molecule has 5 rings (SSSR count). The number of aromatic nitrogens is 2.